The van der Waals surface area contributed by atoms with Gasteiger partial charge >= 0.3 is 5.97 Å². The van der Waals surface area contributed by atoms with Crippen LogP contribution in [0.2, 0.25) is 0 Å². The number of benzene rings is 2. The number of nitrogens with one attached hydrogen (secondary N) is 1. The highest BCUT2D eigenvalue weighted by molar-refractivity contribution is 6.01. The number of nitrogens with zero attached hydrogens (tertiary/aromatic N) is 1. The van der Waals surface area contributed by atoms with Crippen LogP contribution >= 0.6 is 0 Å². The van der Waals surface area contributed by atoms with Gasteiger partial charge in [-0.25, -0.2) is 0 Å². The normalized spacial score (nSPS) is 16.2. The summed E-state index contributed by atoms with van der Waals surface area (Å²) in [5.41, 5.74) is 4.49. The van der Waals surface area contributed by atoms with Gasteiger partial charge in [0.2, 0.25) is 5.91 Å². The largest absolute Gasteiger partial charge is 0.455 e. The average molecular weight is 380 g/mol. The van der Waals surface area contributed by atoms with E-state index in [2.05, 4.69) is 5.32 Å². The van der Waals surface area contributed by atoms with E-state index < -0.39 is 17.8 Å². The monoisotopic (exact) mass is 380 g/mol. The molecule has 0 aliphatic carbocycles. The highest BCUT2D eigenvalue weighted by Crippen LogP contribution is 2.31. The quantitative estimate of drug-likeness (QED) is 0.809. The smallest absolute Gasteiger partial charge is 0.311 e. The van der Waals surface area contributed by atoms with Gasteiger partial charge < -0.3 is 15.0 Å². The number of ether oxygens (including phenoxy) is 1. The molecule has 1 aliphatic rings. The second kappa shape index (κ2) is 8.25. The minimum absolute atomic E-state index is 0.0894. The van der Waals surface area contributed by atoms with Crippen molar-refractivity contribution in [2.24, 2.45) is 5.92 Å². The predicted octanol–water partition coefficient (Wildman–Crippen LogP) is 3.15. The Balaban J connectivity index is 1.57. The van der Waals surface area contributed by atoms with Crippen LogP contribution in [-0.2, 0) is 19.1 Å². The van der Waals surface area contributed by atoms with Crippen molar-refractivity contribution < 1.29 is 19.1 Å². The lowest BCUT2D eigenvalue weighted by atomic mass is 10.1. The summed E-state index contributed by atoms with van der Waals surface area (Å²) in [6.07, 6.45) is 0.0894. The van der Waals surface area contributed by atoms with Gasteiger partial charge in [0.05, 0.1) is 5.92 Å². The van der Waals surface area contributed by atoms with E-state index in [-0.39, 0.29) is 25.5 Å². The zero-order valence-electron chi connectivity index (χ0n) is 16.3. The van der Waals surface area contributed by atoms with E-state index in [0.717, 1.165) is 22.4 Å². The Kier molecular flexibility index (Phi) is 5.78. The van der Waals surface area contributed by atoms with Crippen LogP contribution in [0.3, 0.4) is 0 Å². The number of para-hydroxylation sites is 1. The van der Waals surface area contributed by atoms with Gasteiger partial charge in [-0.3, -0.25) is 14.4 Å². The molecule has 146 valence electrons. The number of carbonyl (C=O) groups excluding carboxylic acids is 3. The van der Waals surface area contributed by atoms with Crippen molar-refractivity contribution in [2.45, 2.75) is 27.2 Å². The number of hydrogen-bond acceptors (Lipinski definition) is 4. The second-order valence-electron chi connectivity index (χ2n) is 7.17. The number of anilines is 2. The molecule has 28 heavy (non-hydrogen) atoms. The summed E-state index contributed by atoms with van der Waals surface area (Å²) < 4.78 is 5.15. The average Bonchev–Trinajstić information content (AvgIpc) is 3.01. The molecule has 0 aromatic heterocycles. The van der Waals surface area contributed by atoms with Gasteiger partial charge in [-0.05, 0) is 49.6 Å². The van der Waals surface area contributed by atoms with E-state index in [4.69, 9.17) is 4.74 Å². The fourth-order valence-corrected chi connectivity index (χ4v) is 3.49. The van der Waals surface area contributed by atoms with Crippen LogP contribution in [0.25, 0.3) is 0 Å². The van der Waals surface area contributed by atoms with Gasteiger partial charge in [0, 0.05) is 24.3 Å². The molecule has 2 aromatic rings. The predicted molar refractivity (Wildman–Crippen MR) is 107 cm³/mol. The van der Waals surface area contributed by atoms with Crippen LogP contribution in [0.4, 0.5) is 11.4 Å². The maximum atomic E-state index is 12.4. The van der Waals surface area contributed by atoms with Crippen molar-refractivity contribution in [1.29, 1.82) is 0 Å². The highest BCUT2D eigenvalue weighted by atomic mass is 16.5. The Labute approximate surface area is 164 Å². The molecule has 1 heterocycles. The Bertz CT molecular complexity index is 902. The Morgan fingerprint density at radius 1 is 1.11 bits per heavy atom. The molecule has 1 aliphatic heterocycles. The summed E-state index contributed by atoms with van der Waals surface area (Å²) in [6, 6.07) is 13.2. The van der Waals surface area contributed by atoms with Crippen molar-refractivity contribution in [3.63, 3.8) is 0 Å². The van der Waals surface area contributed by atoms with Crippen molar-refractivity contribution in [2.75, 3.05) is 23.4 Å². The third-order valence-electron chi connectivity index (χ3n) is 4.82. The fourth-order valence-electron chi connectivity index (χ4n) is 3.49. The minimum Gasteiger partial charge on any atom is -0.455 e. The molecule has 2 amide bonds. The summed E-state index contributed by atoms with van der Waals surface area (Å²) in [6.45, 7) is 5.70. The van der Waals surface area contributed by atoms with Gasteiger partial charge in [-0.15, -0.1) is 0 Å². The van der Waals surface area contributed by atoms with Gasteiger partial charge in [0.1, 0.15) is 0 Å². The first kappa shape index (κ1) is 19.6. The van der Waals surface area contributed by atoms with Crippen molar-refractivity contribution in [1.82, 2.24) is 0 Å². The lowest BCUT2D eigenvalue weighted by molar-refractivity contribution is -0.151. The zero-order chi connectivity index (χ0) is 20.3. The molecular formula is C22H24N2O4. The van der Waals surface area contributed by atoms with E-state index in [1.165, 1.54) is 0 Å². The molecule has 1 saturated heterocycles. The minimum atomic E-state index is -0.571. The zero-order valence-corrected chi connectivity index (χ0v) is 16.3. The molecule has 0 radical (unpaired) electrons. The lowest BCUT2D eigenvalue weighted by Gasteiger charge is -2.21. The van der Waals surface area contributed by atoms with Crippen LogP contribution in [0.15, 0.2) is 42.5 Å². The number of amides is 2. The summed E-state index contributed by atoms with van der Waals surface area (Å²) in [4.78, 5) is 38.5. The fraction of sp³-hybridized carbons (Fsp3) is 0.318. The van der Waals surface area contributed by atoms with Crippen LogP contribution in [0, 0.1) is 26.7 Å². The number of hydrogen-bond donors (Lipinski definition) is 1. The molecule has 0 spiro atoms. The molecule has 1 N–H and O–H groups in total. The Hall–Kier alpha value is -3.15. The molecule has 0 bridgehead atoms. The second-order valence-corrected chi connectivity index (χ2v) is 7.17. The van der Waals surface area contributed by atoms with Crippen molar-refractivity contribution in [3.8, 4) is 0 Å². The van der Waals surface area contributed by atoms with Crippen LogP contribution < -0.4 is 10.2 Å². The van der Waals surface area contributed by atoms with E-state index in [9.17, 15) is 14.4 Å². The topological polar surface area (TPSA) is 75.7 Å². The molecule has 6 heteroatoms. The van der Waals surface area contributed by atoms with E-state index in [1.54, 1.807) is 11.0 Å². The lowest BCUT2D eigenvalue weighted by Crippen LogP contribution is -2.29. The van der Waals surface area contributed by atoms with Gasteiger partial charge in [0.15, 0.2) is 6.61 Å². The molecule has 2 aromatic carbocycles. The summed E-state index contributed by atoms with van der Waals surface area (Å²) in [7, 11) is 0. The van der Waals surface area contributed by atoms with Crippen molar-refractivity contribution in [3.05, 3.63) is 59.2 Å². The molecule has 3 rings (SSSR count). The maximum absolute atomic E-state index is 12.4. The number of esters is 1. The third kappa shape index (κ3) is 4.39. The molecular weight excluding hydrogens is 356 g/mol. The van der Waals surface area contributed by atoms with Crippen LogP contribution in [-0.4, -0.2) is 30.9 Å². The number of rotatable bonds is 5. The molecule has 0 unspecified atom stereocenters. The first-order chi connectivity index (χ1) is 13.3. The molecule has 1 atom stereocenters. The molecule has 0 saturated carbocycles. The summed E-state index contributed by atoms with van der Waals surface area (Å²) >= 11 is 0. The SMILES string of the molecule is Cc1cccc(NC(=O)COC(=O)[C@@H]2CC(=O)N(c3c(C)cccc3C)C2)c1. The van der Waals surface area contributed by atoms with Crippen molar-refractivity contribution >= 4 is 29.2 Å². The van der Waals surface area contributed by atoms with Gasteiger partial charge in [-0.1, -0.05) is 30.3 Å². The molecule has 6 nitrogen and oxygen atoms in total. The van der Waals surface area contributed by atoms with E-state index in [0.29, 0.717) is 5.69 Å². The Morgan fingerprint density at radius 2 is 1.79 bits per heavy atom. The summed E-state index contributed by atoms with van der Waals surface area (Å²) in [5, 5.41) is 2.69. The standard InChI is InChI=1S/C22H24N2O4/c1-14-6-4-9-18(10-14)23-19(25)13-28-22(27)17-11-20(26)24(12-17)21-15(2)7-5-8-16(21)3/h4-10,17H,11-13H2,1-3H3,(H,23,25)/t17-/m1/s1. The van der Waals surface area contributed by atoms with Gasteiger partial charge in [-0.2, -0.15) is 0 Å². The maximum Gasteiger partial charge on any atom is 0.311 e. The first-order valence-electron chi connectivity index (χ1n) is 9.25. The third-order valence-corrected chi connectivity index (χ3v) is 4.82. The molecule has 1 fully saturated rings. The van der Waals surface area contributed by atoms with Crippen LogP contribution in [0.1, 0.15) is 23.1 Å². The Morgan fingerprint density at radius 3 is 2.46 bits per heavy atom. The number of carbonyl (C=O) groups is 3. The first-order valence-corrected chi connectivity index (χ1v) is 9.25. The van der Waals surface area contributed by atoms with E-state index in [1.807, 2.05) is 57.2 Å². The summed E-state index contributed by atoms with van der Waals surface area (Å²) in [5.74, 6) is -1.61. The highest BCUT2D eigenvalue weighted by Gasteiger charge is 2.37. The number of aryl methyl sites for hydroxylation is 3. The van der Waals surface area contributed by atoms with E-state index >= 15 is 0 Å². The van der Waals surface area contributed by atoms with Gasteiger partial charge in [0.25, 0.3) is 5.91 Å². The van der Waals surface area contributed by atoms with Crippen LogP contribution in [0.5, 0.6) is 0 Å².